The van der Waals surface area contributed by atoms with Crippen molar-refractivity contribution in [2.24, 2.45) is 0 Å². The van der Waals surface area contributed by atoms with Crippen molar-refractivity contribution in [2.75, 3.05) is 0 Å². The fourth-order valence-corrected chi connectivity index (χ4v) is 1.27. The second kappa shape index (κ2) is 5.33. The van der Waals surface area contributed by atoms with E-state index < -0.39 is 0 Å². The van der Waals surface area contributed by atoms with Gasteiger partial charge in [0.05, 0.1) is 0 Å². The van der Waals surface area contributed by atoms with E-state index in [1.54, 1.807) is 0 Å². The third-order valence-electron chi connectivity index (χ3n) is 1.27. The quantitative estimate of drug-likeness (QED) is 0.666. The van der Waals surface area contributed by atoms with E-state index in [1.165, 1.54) is 0 Å². The summed E-state index contributed by atoms with van der Waals surface area (Å²) in [5.41, 5.74) is 0. The highest BCUT2D eigenvalue weighted by molar-refractivity contribution is 9.13. The van der Waals surface area contributed by atoms with Crippen LogP contribution < -0.4 is 0 Å². The summed E-state index contributed by atoms with van der Waals surface area (Å²) < 4.78 is 2.08. The number of halogens is 2. The van der Waals surface area contributed by atoms with Crippen molar-refractivity contribution >= 4 is 31.9 Å². The molecule has 2 heteroatoms. The zero-order valence-electron chi connectivity index (χ0n) is 6.37. The van der Waals surface area contributed by atoms with E-state index in [4.69, 9.17) is 0 Å². The molecule has 1 rings (SSSR count). The molecule has 1 aromatic rings. The lowest BCUT2D eigenvalue weighted by Gasteiger charge is -1.86. The summed E-state index contributed by atoms with van der Waals surface area (Å²) in [7, 11) is 0. The van der Waals surface area contributed by atoms with Gasteiger partial charge in [-0.15, -0.1) is 0 Å². The van der Waals surface area contributed by atoms with Gasteiger partial charge in [-0.05, 0) is 44.0 Å². The zero-order chi connectivity index (χ0) is 8.81. The fourth-order valence-electron chi connectivity index (χ4n) is 0.696. The summed E-state index contributed by atoms with van der Waals surface area (Å²) in [5.74, 6) is 0. The standard InChI is InChI=1S/C10H8Br2/c11-9-7-5-3-1-2-4-6-8-10(9)12/h1-8H. The van der Waals surface area contributed by atoms with E-state index in [2.05, 4.69) is 31.9 Å². The molecule has 0 atom stereocenters. The SMILES string of the molecule is Brc1ccccccccc1Br. The molecule has 0 unspecified atom stereocenters. The third-order valence-corrected chi connectivity index (χ3v) is 3.18. The lowest BCUT2D eigenvalue weighted by atomic mass is 10.4. The second-order valence-electron chi connectivity index (χ2n) is 2.18. The van der Waals surface area contributed by atoms with Crippen LogP contribution in [-0.4, -0.2) is 0 Å². The van der Waals surface area contributed by atoms with Gasteiger partial charge >= 0.3 is 0 Å². The number of hydrogen-bond donors (Lipinski definition) is 0. The molecule has 0 N–H and O–H groups in total. The van der Waals surface area contributed by atoms with Gasteiger partial charge in [0.1, 0.15) is 0 Å². The minimum Gasteiger partial charge on any atom is -0.0623 e. The topological polar surface area (TPSA) is 0 Å². The van der Waals surface area contributed by atoms with Crippen LogP contribution in [-0.2, 0) is 0 Å². The van der Waals surface area contributed by atoms with Gasteiger partial charge in [0, 0.05) is 8.95 Å². The van der Waals surface area contributed by atoms with Gasteiger partial charge in [0.15, 0.2) is 0 Å². The first-order valence-electron chi connectivity index (χ1n) is 3.54. The molecule has 1 aromatic carbocycles. The van der Waals surface area contributed by atoms with Crippen LogP contribution in [0, 0.1) is 0 Å². The van der Waals surface area contributed by atoms with Crippen LogP contribution in [0.4, 0.5) is 0 Å². The van der Waals surface area contributed by atoms with Crippen LogP contribution in [0.15, 0.2) is 57.5 Å². The summed E-state index contributed by atoms with van der Waals surface area (Å²) in [4.78, 5) is 0. The van der Waals surface area contributed by atoms with Crippen LogP contribution >= 0.6 is 31.9 Å². The summed E-state index contributed by atoms with van der Waals surface area (Å²) in [5, 5.41) is 0. The van der Waals surface area contributed by atoms with E-state index in [0.717, 1.165) is 8.95 Å². The zero-order valence-corrected chi connectivity index (χ0v) is 9.55. The Hall–Kier alpha value is -0.340. The lowest BCUT2D eigenvalue weighted by molar-refractivity contribution is 1.62. The monoisotopic (exact) mass is 286 g/mol. The van der Waals surface area contributed by atoms with Crippen molar-refractivity contribution in [3.8, 4) is 0 Å². The van der Waals surface area contributed by atoms with Crippen molar-refractivity contribution < 1.29 is 0 Å². The molecule has 0 amide bonds. The summed E-state index contributed by atoms with van der Waals surface area (Å²) in [6.07, 6.45) is 0. The van der Waals surface area contributed by atoms with Gasteiger partial charge in [-0.3, -0.25) is 0 Å². The van der Waals surface area contributed by atoms with Crippen molar-refractivity contribution in [3.63, 3.8) is 0 Å². The maximum Gasteiger partial charge on any atom is 0.0317 e. The first kappa shape index (κ1) is 9.75. The van der Waals surface area contributed by atoms with Crippen molar-refractivity contribution in [1.29, 1.82) is 0 Å². The Morgan fingerprint density at radius 2 is 0.917 bits per heavy atom. The number of rotatable bonds is 0. The predicted molar refractivity (Wildman–Crippen MR) is 59.5 cm³/mol. The predicted octanol–water partition coefficient (Wildman–Crippen LogP) is 4.34. The van der Waals surface area contributed by atoms with Crippen LogP contribution in [0.1, 0.15) is 0 Å². The Balaban J connectivity index is 3.25. The molecule has 0 nitrogen and oxygen atoms in total. The molecule has 0 fully saturated rings. The van der Waals surface area contributed by atoms with E-state index in [1.807, 2.05) is 48.5 Å². The van der Waals surface area contributed by atoms with Gasteiger partial charge in [0.2, 0.25) is 0 Å². The van der Waals surface area contributed by atoms with Gasteiger partial charge in [-0.1, -0.05) is 36.4 Å². The van der Waals surface area contributed by atoms with E-state index in [0.29, 0.717) is 0 Å². The second-order valence-corrected chi connectivity index (χ2v) is 3.89. The maximum atomic E-state index is 3.44. The van der Waals surface area contributed by atoms with Crippen LogP contribution in [0.2, 0.25) is 0 Å². The maximum absolute atomic E-state index is 3.44. The molecule has 62 valence electrons. The molecule has 0 aromatic heterocycles. The van der Waals surface area contributed by atoms with Crippen molar-refractivity contribution in [1.82, 2.24) is 0 Å². The summed E-state index contributed by atoms with van der Waals surface area (Å²) >= 11 is 6.87. The summed E-state index contributed by atoms with van der Waals surface area (Å²) in [6, 6.07) is 15.9. The largest absolute Gasteiger partial charge is 0.0623 e. The first-order valence-corrected chi connectivity index (χ1v) is 5.12. The number of hydrogen-bond acceptors (Lipinski definition) is 0. The highest BCUT2D eigenvalue weighted by atomic mass is 79.9. The molecule has 0 saturated heterocycles. The molecule has 0 aliphatic rings. The minimum absolute atomic E-state index is 1.04. The van der Waals surface area contributed by atoms with Gasteiger partial charge < -0.3 is 0 Å². The Bertz CT molecular complexity index is 275. The van der Waals surface area contributed by atoms with Crippen LogP contribution in [0.5, 0.6) is 0 Å². The molecule has 0 radical (unpaired) electrons. The normalized spacial score (nSPS) is 8.83. The molecule has 12 heavy (non-hydrogen) atoms. The Morgan fingerprint density at radius 3 is 1.33 bits per heavy atom. The molecular formula is C10H8Br2. The van der Waals surface area contributed by atoms with Gasteiger partial charge in [-0.2, -0.15) is 0 Å². The molecule has 0 bridgehead atoms. The summed E-state index contributed by atoms with van der Waals surface area (Å²) in [6.45, 7) is 0. The Morgan fingerprint density at radius 1 is 0.583 bits per heavy atom. The molecule has 0 aliphatic carbocycles. The first-order chi connectivity index (χ1) is 5.80. The van der Waals surface area contributed by atoms with Gasteiger partial charge in [0.25, 0.3) is 0 Å². The van der Waals surface area contributed by atoms with E-state index >= 15 is 0 Å². The molecular weight excluding hydrogens is 280 g/mol. The highest BCUT2D eigenvalue weighted by Crippen LogP contribution is 2.19. The molecule has 0 saturated carbocycles. The van der Waals surface area contributed by atoms with Crippen molar-refractivity contribution in [2.45, 2.75) is 0 Å². The van der Waals surface area contributed by atoms with E-state index in [-0.39, 0.29) is 0 Å². The minimum atomic E-state index is 1.04. The molecule has 0 aliphatic heterocycles. The van der Waals surface area contributed by atoms with Crippen LogP contribution in [0.3, 0.4) is 0 Å². The lowest BCUT2D eigenvalue weighted by Crippen LogP contribution is -1.60. The van der Waals surface area contributed by atoms with E-state index in [9.17, 15) is 0 Å². The molecule has 0 heterocycles. The average Bonchev–Trinajstić information content (AvgIpc) is 2.08. The Labute approximate surface area is 89.2 Å². The smallest absolute Gasteiger partial charge is 0.0317 e. The van der Waals surface area contributed by atoms with Crippen LogP contribution in [0.25, 0.3) is 0 Å². The highest BCUT2D eigenvalue weighted by Gasteiger charge is 1.85. The van der Waals surface area contributed by atoms with Gasteiger partial charge in [-0.25, -0.2) is 0 Å². The third kappa shape index (κ3) is 3.37. The fraction of sp³-hybridized carbons (Fsp3) is 0. The average molecular weight is 288 g/mol. The molecule has 0 spiro atoms. The Kier molecular flexibility index (Phi) is 4.33. The van der Waals surface area contributed by atoms with Crippen molar-refractivity contribution in [3.05, 3.63) is 57.5 Å².